The maximum absolute atomic E-state index is 13.4. The normalized spacial score (nSPS) is 12.8. The Kier molecular flexibility index (Phi) is 6.95. The van der Waals surface area contributed by atoms with E-state index in [0.29, 0.717) is 28.1 Å². The van der Waals surface area contributed by atoms with E-state index in [1.807, 2.05) is 12.3 Å². The van der Waals surface area contributed by atoms with Crippen LogP contribution in [0.15, 0.2) is 59.0 Å². The third-order valence-corrected chi connectivity index (χ3v) is 7.26. The highest BCUT2D eigenvalue weighted by atomic mass is 32.1. The third-order valence-electron chi connectivity index (χ3n) is 6.38. The minimum Gasteiger partial charge on any atom is -0.462 e. The van der Waals surface area contributed by atoms with E-state index in [-0.39, 0.29) is 18.0 Å². The number of aromatic nitrogens is 2. The summed E-state index contributed by atoms with van der Waals surface area (Å²) in [7, 11) is 0. The number of esters is 1. The van der Waals surface area contributed by atoms with Gasteiger partial charge in [0.05, 0.1) is 23.9 Å². The van der Waals surface area contributed by atoms with Crippen LogP contribution in [0, 0.1) is 0 Å². The van der Waals surface area contributed by atoms with Gasteiger partial charge in [-0.1, -0.05) is 25.1 Å². The van der Waals surface area contributed by atoms with Crippen molar-refractivity contribution in [3.8, 4) is 11.1 Å². The van der Waals surface area contributed by atoms with Gasteiger partial charge in [-0.05, 0) is 73.1 Å². The topological polar surface area (TPSA) is 90.3 Å². The first-order valence-corrected chi connectivity index (χ1v) is 13.1. The molecule has 8 heteroatoms. The second-order valence-corrected chi connectivity index (χ2v) is 9.82. The number of carbonyl (C=O) groups is 2. The Balaban J connectivity index is 1.34. The van der Waals surface area contributed by atoms with Gasteiger partial charge in [-0.25, -0.2) is 9.78 Å². The fourth-order valence-electron chi connectivity index (χ4n) is 4.52. The van der Waals surface area contributed by atoms with Crippen molar-refractivity contribution in [3.63, 3.8) is 0 Å². The zero-order chi connectivity index (χ0) is 25.1. The number of thiophene rings is 1. The van der Waals surface area contributed by atoms with E-state index in [9.17, 15) is 14.4 Å². The summed E-state index contributed by atoms with van der Waals surface area (Å²) in [6.45, 7) is 2.13. The first-order chi connectivity index (χ1) is 17.5. The lowest BCUT2D eigenvalue weighted by Crippen LogP contribution is -2.27. The third kappa shape index (κ3) is 4.95. The number of amides is 1. The predicted molar refractivity (Wildman–Crippen MR) is 142 cm³/mol. The lowest BCUT2D eigenvalue weighted by molar-refractivity contribution is -0.116. The Morgan fingerprint density at radius 3 is 2.64 bits per heavy atom. The van der Waals surface area contributed by atoms with Crippen LogP contribution in [-0.2, 0) is 28.9 Å². The number of benzene rings is 2. The molecule has 184 valence electrons. The smallest absolute Gasteiger partial charge is 0.338 e. The average Bonchev–Trinajstić information content (AvgIpc) is 3.34. The summed E-state index contributed by atoms with van der Waals surface area (Å²) in [6, 6.07) is 12.9. The molecule has 0 aliphatic heterocycles. The Bertz CT molecular complexity index is 1490. The summed E-state index contributed by atoms with van der Waals surface area (Å²) in [5, 5.41) is 5.29. The molecule has 0 atom stereocenters. The number of aryl methyl sites for hydroxylation is 2. The van der Waals surface area contributed by atoms with E-state index in [0.717, 1.165) is 30.4 Å². The highest BCUT2D eigenvalue weighted by molar-refractivity contribution is 7.17. The number of nitrogens with one attached hydrogen (secondary N) is 1. The number of carbonyl (C=O) groups excluding carboxylic acids is 2. The number of hydrogen-bond acceptors (Lipinski definition) is 6. The van der Waals surface area contributed by atoms with Gasteiger partial charge < -0.3 is 10.1 Å². The van der Waals surface area contributed by atoms with Crippen LogP contribution in [-0.4, -0.2) is 28.0 Å². The van der Waals surface area contributed by atoms with Crippen molar-refractivity contribution in [1.82, 2.24) is 9.55 Å². The van der Waals surface area contributed by atoms with Crippen molar-refractivity contribution in [3.05, 3.63) is 81.2 Å². The number of rotatable bonds is 7. The molecule has 7 nitrogen and oxygen atoms in total. The quantitative estimate of drug-likeness (QED) is 0.351. The Labute approximate surface area is 212 Å². The molecular weight excluding hydrogens is 474 g/mol. The number of ether oxygens (including phenoxy) is 1. The van der Waals surface area contributed by atoms with Gasteiger partial charge in [0.2, 0.25) is 5.91 Å². The highest BCUT2D eigenvalue weighted by Gasteiger charge is 2.17. The molecule has 2 heterocycles. The fourth-order valence-corrected chi connectivity index (χ4v) is 5.42. The molecule has 0 spiro atoms. The number of nitrogens with zero attached hydrogens (tertiary/aromatic N) is 2. The molecular formula is C28H27N3O4S. The minimum absolute atomic E-state index is 0.165. The van der Waals surface area contributed by atoms with Crippen LogP contribution in [0.2, 0.25) is 0 Å². The molecule has 0 radical (unpaired) electrons. The zero-order valence-electron chi connectivity index (χ0n) is 20.1. The van der Waals surface area contributed by atoms with Crippen LogP contribution in [0.1, 0.15) is 47.7 Å². The summed E-state index contributed by atoms with van der Waals surface area (Å²) >= 11 is 1.44. The van der Waals surface area contributed by atoms with Gasteiger partial charge in [0, 0.05) is 16.6 Å². The molecule has 1 aliphatic rings. The highest BCUT2D eigenvalue weighted by Crippen LogP contribution is 2.33. The van der Waals surface area contributed by atoms with Gasteiger partial charge >= 0.3 is 5.97 Å². The van der Waals surface area contributed by atoms with Crippen molar-refractivity contribution in [2.24, 2.45) is 0 Å². The average molecular weight is 502 g/mol. The van der Waals surface area contributed by atoms with Crippen molar-refractivity contribution >= 4 is 39.1 Å². The molecule has 2 aromatic carbocycles. The van der Waals surface area contributed by atoms with Crippen LogP contribution in [0.3, 0.4) is 0 Å². The zero-order valence-corrected chi connectivity index (χ0v) is 20.9. The van der Waals surface area contributed by atoms with Crippen molar-refractivity contribution in [2.75, 3.05) is 11.9 Å². The SMILES string of the molecule is CCCOC(=O)c1ccc(NC(=O)Cn2cnc3scc(-c4ccc5c(c4)CCCC5)c3c2=O)cc1. The van der Waals surface area contributed by atoms with Crippen LogP contribution < -0.4 is 10.9 Å². The second kappa shape index (κ2) is 10.5. The van der Waals surface area contributed by atoms with Crippen LogP contribution in [0.4, 0.5) is 5.69 Å². The molecule has 0 unspecified atom stereocenters. The molecule has 0 fully saturated rings. The molecule has 5 rings (SSSR count). The van der Waals surface area contributed by atoms with Gasteiger partial charge in [0.15, 0.2) is 0 Å². The van der Waals surface area contributed by atoms with E-state index in [2.05, 4.69) is 28.5 Å². The molecule has 36 heavy (non-hydrogen) atoms. The maximum Gasteiger partial charge on any atom is 0.338 e. The van der Waals surface area contributed by atoms with Crippen molar-refractivity contribution in [1.29, 1.82) is 0 Å². The van der Waals surface area contributed by atoms with E-state index in [1.54, 1.807) is 24.3 Å². The molecule has 0 saturated carbocycles. The van der Waals surface area contributed by atoms with E-state index >= 15 is 0 Å². The number of anilines is 1. The first-order valence-electron chi connectivity index (χ1n) is 12.2. The summed E-state index contributed by atoms with van der Waals surface area (Å²) < 4.78 is 6.45. The van der Waals surface area contributed by atoms with Crippen molar-refractivity contribution < 1.29 is 14.3 Å². The Morgan fingerprint density at radius 1 is 1.08 bits per heavy atom. The van der Waals surface area contributed by atoms with Crippen molar-refractivity contribution in [2.45, 2.75) is 45.6 Å². The van der Waals surface area contributed by atoms with Crippen LogP contribution in [0.5, 0.6) is 0 Å². The lowest BCUT2D eigenvalue weighted by atomic mass is 9.89. The molecule has 0 saturated heterocycles. The number of fused-ring (bicyclic) bond motifs is 2. The molecule has 1 N–H and O–H groups in total. The monoisotopic (exact) mass is 501 g/mol. The Hall–Kier alpha value is -3.78. The summed E-state index contributed by atoms with van der Waals surface area (Å²) in [6.07, 6.45) is 6.75. The van der Waals surface area contributed by atoms with Gasteiger partial charge in [0.1, 0.15) is 11.4 Å². The summed E-state index contributed by atoms with van der Waals surface area (Å²) in [5.74, 6) is -0.753. The number of hydrogen-bond donors (Lipinski definition) is 1. The van der Waals surface area contributed by atoms with Gasteiger partial charge in [-0.2, -0.15) is 0 Å². The molecule has 2 aromatic heterocycles. The molecule has 1 aliphatic carbocycles. The largest absolute Gasteiger partial charge is 0.462 e. The van der Waals surface area contributed by atoms with E-state index < -0.39 is 5.97 Å². The van der Waals surface area contributed by atoms with E-state index in [4.69, 9.17) is 4.74 Å². The van der Waals surface area contributed by atoms with Gasteiger partial charge in [-0.3, -0.25) is 14.2 Å². The summed E-state index contributed by atoms with van der Waals surface area (Å²) in [4.78, 5) is 43.1. The van der Waals surface area contributed by atoms with Crippen LogP contribution in [0.25, 0.3) is 21.3 Å². The van der Waals surface area contributed by atoms with Gasteiger partial charge in [-0.15, -0.1) is 11.3 Å². The second-order valence-electron chi connectivity index (χ2n) is 8.96. The predicted octanol–water partition coefficient (Wildman–Crippen LogP) is 5.21. The van der Waals surface area contributed by atoms with E-state index in [1.165, 1.54) is 46.2 Å². The fraction of sp³-hybridized carbons (Fsp3) is 0.286. The molecule has 4 aromatic rings. The molecule has 1 amide bonds. The standard InChI is InChI=1S/C28H27N3O4S/c1-2-13-35-28(34)19-9-11-22(12-10-19)30-24(32)15-31-17-29-26-25(27(31)33)23(16-36-26)21-8-7-18-5-3-4-6-20(18)14-21/h7-12,14,16-17H,2-6,13,15H2,1H3,(H,30,32). The minimum atomic E-state index is -0.397. The lowest BCUT2D eigenvalue weighted by Gasteiger charge is -2.16. The molecule has 0 bridgehead atoms. The van der Waals surface area contributed by atoms with Gasteiger partial charge in [0.25, 0.3) is 5.56 Å². The summed E-state index contributed by atoms with van der Waals surface area (Å²) in [5.41, 5.74) is 5.33. The van der Waals surface area contributed by atoms with Crippen LogP contribution >= 0.6 is 11.3 Å². The first kappa shape index (κ1) is 23.9. The maximum atomic E-state index is 13.4. The Morgan fingerprint density at radius 2 is 1.86 bits per heavy atom.